The second kappa shape index (κ2) is 9.50. The zero-order chi connectivity index (χ0) is 15.7. The fourth-order valence-corrected chi connectivity index (χ4v) is 1.74. The van der Waals surface area contributed by atoms with Crippen LogP contribution >= 0.6 is 0 Å². The number of carboxylic acids is 1. The molecule has 0 radical (unpaired) electrons. The van der Waals surface area contributed by atoms with E-state index < -0.39 is 5.97 Å². The topological polar surface area (TPSA) is 64.1 Å². The van der Waals surface area contributed by atoms with Gasteiger partial charge in [-0.3, -0.25) is 14.5 Å². The van der Waals surface area contributed by atoms with Gasteiger partial charge in [0.05, 0.1) is 13.1 Å². The van der Waals surface area contributed by atoms with E-state index in [1.54, 1.807) is 9.80 Å². The summed E-state index contributed by atoms with van der Waals surface area (Å²) in [7, 11) is 3.83. The zero-order valence-corrected chi connectivity index (χ0v) is 13.1. The molecule has 0 unspecified atom stereocenters. The van der Waals surface area contributed by atoms with E-state index in [2.05, 4.69) is 6.58 Å². The molecule has 0 atom stereocenters. The predicted molar refractivity (Wildman–Crippen MR) is 79.7 cm³/mol. The molecule has 0 aromatic heterocycles. The van der Waals surface area contributed by atoms with E-state index in [0.717, 1.165) is 5.57 Å². The first-order valence-electron chi connectivity index (χ1n) is 6.77. The first-order chi connectivity index (χ1) is 9.26. The van der Waals surface area contributed by atoms with Crippen LogP contribution in [0.25, 0.3) is 0 Å². The number of carbonyl (C=O) groups is 2. The Labute approximate surface area is 121 Å². The summed E-state index contributed by atoms with van der Waals surface area (Å²) in [4.78, 5) is 28.4. The maximum absolute atomic E-state index is 12.2. The summed E-state index contributed by atoms with van der Waals surface area (Å²) in [5, 5.41) is 8.91. The Morgan fingerprint density at radius 1 is 1.10 bits per heavy atom. The van der Waals surface area contributed by atoms with Crippen molar-refractivity contribution in [2.24, 2.45) is 0 Å². The molecule has 0 aliphatic rings. The van der Waals surface area contributed by atoms with E-state index in [1.165, 1.54) is 0 Å². The van der Waals surface area contributed by atoms with Gasteiger partial charge in [0.15, 0.2) is 0 Å². The van der Waals surface area contributed by atoms with Gasteiger partial charge < -0.3 is 14.9 Å². The maximum atomic E-state index is 12.2. The SMILES string of the molecule is C=C(C)CN(CC)C(=O)CN(CCN(C)C)CC(=O)O. The number of hydrogen-bond acceptors (Lipinski definition) is 4. The van der Waals surface area contributed by atoms with Crippen LogP contribution in [0.5, 0.6) is 0 Å². The third-order valence-electron chi connectivity index (χ3n) is 2.78. The van der Waals surface area contributed by atoms with Crippen LogP contribution < -0.4 is 0 Å². The summed E-state index contributed by atoms with van der Waals surface area (Å²) >= 11 is 0. The molecule has 0 aliphatic carbocycles. The van der Waals surface area contributed by atoms with Crippen molar-refractivity contribution in [1.29, 1.82) is 0 Å². The minimum absolute atomic E-state index is 0.0597. The van der Waals surface area contributed by atoms with Gasteiger partial charge in [-0.2, -0.15) is 0 Å². The Hall–Kier alpha value is -1.40. The molecule has 1 amide bonds. The highest BCUT2D eigenvalue weighted by Crippen LogP contribution is 1.99. The molecule has 0 saturated heterocycles. The smallest absolute Gasteiger partial charge is 0.317 e. The minimum atomic E-state index is -0.917. The molecule has 20 heavy (non-hydrogen) atoms. The summed E-state index contributed by atoms with van der Waals surface area (Å²) in [5.74, 6) is -0.977. The number of nitrogens with zero attached hydrogens (tertiary/aromatic N) is 3. The normalized spacial score (nSPS) is 10.9. The van der Waals surface area contributed by atoms with Gasteiger partial charge in [0, 0.05) is 26.2 Å². The van der Waals surface area contributed by atoms with Crippen molar-refractivity contribution in [1.82, 2.24) is 14.7 Å². The van der Waals surface area contributed by atoms with E-state index in [9.17, 15) is 9.59 Å². The lowest BCUT2D eigenvalue weighted by atomic mass is 10.3. The van der Waals surface area contributed by atoms with Gasteiger partial charge in [0.25, 0.3) is 0 Å². The van der Waals surface area contributed by atoms with Crippen LogP contribution in [0.1, 0.15) is 13.8 Å². The van der Waals surface area contributed by atoms with Crippen LogP contribution in [0.4, 0.5) is 0 Å². The van der Waals surface area contributed by atoms with Crippen molar-refractivity contribution in [3.05, 3.63) is 12.2 Å². The summed E-state index contributed by atoms with van der Waals surface area (Å²) < 4.78 is 0. The van der Waals surface area contributed by atoms with E-state index in [4.69, 9.17) is 5.11 Å². The second-order valence-electron chi connectivity index (χ2n) is 5.27. The number of amides is 1. The molecule has 0 heterocycles. The highest BCUT2D eigenvalue weighted by atomic mass is 16.4. The van der Waals surface area contributed by atoms with Gasteiger partial charge in [-0.05, 0) is 27.9 Å². The van der Waals surface area contributed by atoms with Crippen LogP contribution in [0.3, 0.4) is 0 Å². The summed E-state index contributed by atoms with van der Waals surface area (Å²) in [6, 6.07) is 0. The fraction of sp³-hybridized carbons (Fsp3) is 0.714. The third-order valence-corrected chi connectivity index (χ3v) is 2.78. The molecule has 0 fully saturated rings. The molecule has 0 aliphatic heterocycles. The van der Waals surface area contributed by atoms with Crippen molar-refractivity contribution in [3.63, 3.8) is 0 Å². The van der Waals surface area contributed by atoms with E-state index in [1.807, 2.05) is 32.8 Å². The van der Waals surface area contributed by atoms with Crippen LogP contribution in [0, 0.1) is 0 Å². The highest BCUT2D eigenvalue weighted by Gasteiger charge is 2.18. The monoisotopic (exact) mass is 285 g/mol. The molecular weight excluding hydrogens is 258 g/mol. The lowest BCUT2D eigenvalue weighted by Gasteiger charge is -2.26. The molecular formula is C14H27N3O3. The molecule has 116 valence electrons. The zero-order valence-electron chi connectivity index (χ0n) is 13.1. The Kier molecular flexibility index (Phi) is 8.83. The van der Waals surface area contributed by atoms with Crippen LogP contribution in [0.2, 0.25) is 0 Å². The molecule has 6 nitrogen and oxygen atoms in total. The Morgan fingerprint density at radius 3 is 2.10 bits per heavy atom. The number of hydrogen-bond donors (Lipinski definition) is 1. The number of carboxylic acid groups (broad SMARTS) is 1. The largest absolute Gasteiger partial charge is 0.480 e. The first-order valence-corrected chi connectivity index (χ1v) is 6.77. The van der Waals surface area contributed by atoms with E-state index >= 15 is 0 Å². The van der Waals surface area contributed by atoms with Crippen LogP contribution in [-0.2, 0) is 9.59 Å². The quantitative estimate of drug-likeness (QED) is 0.587. The number of aliphatic carboxylic acids is 1. The van der Waals surface area contributed by atoms with Crippen molar-refractivity contribution >= 4 is 11.9 Å². The van der Waals surface area contributed by atoms with Crippen LogP contribution in [0.15, 0.2) is 12.2 Å². The molecule has 0 saturated carbocycles. The summed E-state index contributed by atoms with van der Waals surface area (Å²) in [6.45, 7) is 9.97. The lowest BCUT2D eigenvalue weighted by molar-refractivity contribution is -0.139. The molecule has 0 rings (SSSR count). The highest BCUT2D eigenvalue weighted by molar-refractivity contribution is 5.79. The minimum Gasteiger partial charge on any atom is -0.480 e. The third kappa shape index (κ3) is 8.66. The van der Waals surface area contributed by atoms with E-state index in [0.29, 0.717) is 26.2 Å². The number of carbonyl (C=O) groups excluding carboxylic acids is 1. The predicted octanol–water partition coefficient (Wildman–Crippen LogP) is 0.359. The molecule has 6 heteroatoms. The number of rotatable bonds is 10. The average molecular weight is 285 g/mol. The van der Waals surface area contributed by atoms with Crippen molar-refractivity contribution in [3.8, 4) is 0 Å². The Balaban J connectivity index is 4.55. The molecule has 0 spiro atoms. The van der Waals surface area contributed by atoms with Gasteiger partial charge in [-0.1, -0.05) is 12.2 Å². The van der Waals surface area contributed by atoms with Gasteiger partial charge in [-0.15, -0.1) is 0 Å². The lowest BCUT2D eigenvalue weighted by Crippen LogP contribution is -2.44. The van der Waals surface area contributed by atoms with Crippen molar-refractivity contribution in [2.45, 2.75) is 13.8 Å². The molecule has 1 N–H and O–H groups in total. The Morgan fingerprint density at radius 2 is 1.70 bits per heavy atom. The van der Waals surface area contributed by atoms with E-state index in [-0.39, 0.29) is 19.0 Å². The molecule has 0 bridgehead atoms. The van der Waals surface area contributed by atoms with Gasteiger partial charge in [0.1, 0.15) is 0 Å². The van der Waals surface area contributed by atoms with Crippen molar-refractivity contribution < 1.29 is 14.7 Å². The first kappa shape index (κ1) is 18.6. The van der Waals surface area contributed by atoms with Crippen LogP contribution in [-0.4, -0.2) is 85.0 Å². The average Bonchev–Trinajstić information content (AvgIpc) is 2.31. The van der Waals surface area contributed by atoms with Gasteiger partial charge in [-0.25, -0.2) is 0 Å². The van der Waals surface area contributed by atoms with Gasteiger partial charge in [0.2, 0.25) is 5.91 Å². The Bertz CT molecular complexity index is 343. The standard InChI is InChI=1S/C14H27N3O3/c1-6-17(9-12(2)3)13(18)10-16(11-14(19)20)8-7-15(4)5/h2,6-11H2,1,3-5H3,(H,19,20). The van der Waals surface area contributed by atoms with Gasteiger partial charge >= 0.3 is 5.97 Å². The summed E-state index contributed by atoms with van der Waals surface area (Å²) in [6.07, 6.45) is 0. The molecule has 0 aromatic carbocycles. The molecule has 0 aromatic rings. The number of likely N-dealkylation sites (N-methyl/N-ethyl adjacent to an activating group) is 2. The van der Waals surface area contributed by atoms with Crippen molar-refractivity contribution in [2.75, 3.05) is 53.4 Å². The maximum Gasteiger partial charge on any atom is 0.317 e. The fourth-order valence-electron chi connectivity index (χ4n) is 1.74. The summed E-state index contributed by atoms with van der Waals surface area (Å²) in [5.41, 5.74) is 0.915. The second-order valence-corrected chi connectivity index (χ2v) is 5.27.